The van der Waals surface area contributed by atoms with Crippen molar-refractivity contribution in [2.24, 2.45) is 0 Å². The lowest BCUT2D eigenvalue weighted by atomic mass is 10.2. The van der Waals surface area contributed by atoms with E-state index in [-0.39, 0.29) is 0 Å². The predicted octanol–water partition coefficient (Wildman–Crippen LogP) is -0.898. The highest BCUT2D eigenvalue weighted by molar-refractivity contribution is 6.06. The van der Waals surface area contributed by atoms with Crippen LogP contribution in [0.1, 0.15) is 27.7 Å². The van der Waals surface area contributed by atoms with E-state index in [1.165, 1.54) is 0 Å². The van der Waals surface area contributed by atoms with Gasteiger partial charge in [-0.05, 0) is 0 Å². The van der Waals surface area contributed by atoms with Crippen LogP contribution in [0.4, 0.5) is 9.59 Å². The van der Waals surface area contributed by atoms with Gasteiger partial charge < -0.3 is 5.32 Å². The standard InChI is InChI=1S/C12H14N4O6/c1-5(17)14-9-10(15(6(2)18)11(21)13-9)16(7(3)19,8(4)20)12(14)22/h9-10H,1-4H3/p+1. The summed E-state index contributed by atoms with van der Waals surface area (Å²) in [5.74, 6) is -3.24. The molecule has 1 N–H and O–H groups in total. The van der Waals surface area contributed by atoms with Crippen molar-refractivity contribution in [3.05, 3.63) is 0 Å². The first-order chi connectivity index (χ1) is 10.1. The van der Waals surface area contributed by atoms with E-state index in [0.29, 0.717) is 9.80 Å². The molecule has 2 aliphatic heterocycles. The number of nitrogens with one attached hydrogen (secondary N) is 1. The summed E-state index contributed by atoms with van der Waals surface area (Å²) in [6.45, 7) is 4.14. The summed E-state index contributed by atoms with van der Waals surface area (Å²) in [7, 11) is 0. The van der Waals surface area contributed by atoms with Gasteiger partial charge >= 0.3 is 23.9 Å². The van der Waals surface area contributed by atoms with Gasteiger partial charge in [0, 0.05) is 13.8 Å². The highest BCUT2D eigenvalue weighted by atomic mass is 16.2. The molecule has 2 atom stereocenters. The quantitative estimate of drug-likeness (QED) is 0.579. The van der Waals surface area contributed by atoms with Crippen LogP contribution in [0.25, 0.3) is 0 Å². The van der Waals surface area contributed by atoms with Crippen LogP contribution >= 0.6 is 0 Å². The molecule has 0 aliphatic carbocycles. The number of hydrogen-bond acceptors (Lipinski definition) is 6. The van der Waals surface area contributed by atoms with Crippen LogP contribution in [0.2, 0.25) is 0 Å². The molecule has 0 aromatic heterocycles. The fourth-order valence-electron chi connectivity index (χ4n) is 3.04. The van der Waals surface area contributed by atoms with Crippen LogP contribution in [-0.4, -0.2) is 62.3 Å². The summed E-state index contributed by atoms with van der Waals surface area (Å²) < 4.78 is -1.41. The van der Waals surface area contributed by atoms with Crippen molar-refractivity contribution >= 4 is 35.7 Å². The van der Waals surface area contributed by atoms with Crippen molar-refractivity contribution in [2.45, 2.75) is 40.0 Å². The third kappa shape index (κ3) is 1.64. The molecule has 2 rings (SSSR count). The van der Waals surface area contributed by atoms with E-state index < -0.39 is 52.5 Å². The third-order valence-electron chi connectivity index (χ3n) is 3.89. The number of imide groups is 5. The molecule has 2 aliphatic rings. The van der Waals surface area contributed by atoms with E-state index in [0.717, 1.165) is 27.7 Å². The summed E-state index contributed by atoms with van der Waals surface area (Å²) in [6.07, 6.45) is -2.69. The third-order valence-corrected chi connectivity index (χ3v) is 3.89. The normalized spacial score (nSPS) is 25.8. The smallest absolute Gasteiger partial charge is 0.309 e. The second kappa shape index (κ2) is 4.70. The number of rotatable bonds is 0. The van der Waals surface area contributed by atoms with Crippen LogP contribution in [0.5, 0.6) is 0 Å². The molecule has 8 amide bonds. The van der Waals surface area contributed by atoms with Gasteiger partial charge in [0.1, 0.15) is 0 Å². The zero-order valence-electron chi connectivity index (χ0n) is 12.4. The number of hydrogen-bond donors (Lipinski definition) is 1. The van der Waals surface area contributed by atoms with Gasteiger partial charge in [0.25, 0.3) is 0 Å². The van der Waals surface area contributed by atoms with Gasteiger partial charge in [0.05, 0.1) is 13.8 Å². The molecule has 0 saturated carbocycles. The lowest BCUT2D eigenvalue weighted by Crippen LogP contribution is -2.66. The Labute approximate surface area is 125 Å². The highest BCUT2D eigenvalue weighted by Gasteiger charge is 2.74. The maximum absolute atomic E-state index is 12.6. The first kappa shape index (κ1) is 15.8. The number of quaternary nitrogens is 1. The predicted molar refractivity (Wildman–Crippen MR) is 68.2 cm³/mol. The van der Waals surface area contributed by atoms with Crippen molar-refractivity contribution in [1.29, 1.82) is 0 Å². The van der Waals surface area contributed by atoms with Crippen molar-refractivity contribution in [3.8, 4) is 0 Å². The molecule has 118 valence electrons. The van der Waals surface area contributed by atoms with E-state index in [4.69, 9.17) is 0 Å². The largest absolute Gasteiger partial charge is 0.444 e. The fourth-order valence-corrected chi connectivity index (χ4v) is 3.04. The number of carbonyl (C=O) groups excluding carboxylic acids is 6. The Morgan fingerprint density at radius 3 is 1.73 bits per heavy atom. The van der Waals surface area contributed by atoms with Crippen molar-refractivity contribution in [1.82, 2.24) is 15.1 Å². The number of nitrogens with zero attached hydrogens (tertiary/aromatic N) is 3. The monoisotopic (exact) mass is 311 g/mol. The van der Waals surface area contributed by atoms with Crippen LogP contribution in [0, 0.1) is 0 Å². The zero-order chi connectivity index (χ0) is 17.0. The number of urea groups is 2. The van der Waals surface area contributed by atoms with Crippen LogP contribution in [-0.2, 0) is 19.2 Å². The molecular formula is C12H15N4O6+. The Morgan fingerprint density at radius 2 is 1.36 bits per heavy atom. The molecule has 22 heavy (non-hydrogen) atoms. The van der Waals surface area contributed by atoms with Crippen LogP contribution in [0.3, 0.4) is 0 Å². The van der Waals surface area contributed by atoms with Gasteiger partial charge in [-0.3, -0.25) is 9.59 Å². The Bertz CT molecular complexity index is 616. The lowest BCUT2D eigenvalue weighted by Gasteiger charge is -2.30. The van der Waals surface area contributed by atoms with Gasteiger partial charge in [-0.25, -0.2) is 29.0 Å². The Morgan fingerprint density at radius 1 is 0.909 bits per heavy atom. The molecular weight excluding hydrogens is 296 g/mol. The summed E-state index contributed by atoms with van der Waals surface area (Å²) in [6, 6.07) is -1.94. The Balaban J connectivity index is 2.76. The van der Waals surface area contributed by atoms with Gasteiger partial charge in [-0.15, -0.1) is 0 Å². The van der Waals surface area contributed by atoms with E-state index in [1.807, 2.05) is 0 Å². The first-order valence-corrected chi connectivity index (χ1v) is 6.44. The lowest BCUT2D eigenvalue weighted by molar-refractivity contribution is -0.725. The SMILES string of the molecule is CC(=O)N1C(=O)[N+](C(C)=O)(C(C)=O)C2C1NC(=O)N2C(C)=O. The number of carbonyl (C=O) groups is 6. The molecule has 0 spiro atoms. The molecule has 10 nitrogen and oxygen atoms in total. The summed E-state index contributed by atoms with van der Waals surface area (Å²) in [5.41, 5.74) is 0. The maximum Gasteiger partial charge on any atom is 0.444 e. The summed E-state index contributed by atoms with van der Waals surface area (Å²) >= 11 is 0. The second-order valence-corrected chi connectivity index (χ2v) is 5.13. The first-order valence-electron chi connectivity index (χ1n) is 6.44. The van der Waals surface area contributed by atoms with E-state index in [1.54, 1.807) is 0 Å². The minimum atomic E-state index is -1.43. The van der Waals surface area contributed by atoms with Crippen molar-refractivity contribution in [3.63, 3.8) is 0 Å². The molecule has 2 fully saturated rings. The fraction of sp³-hybridized carbons (Fsp3) is 0.500. The average molecular weight is 311 g/mol. The summed E-state index contributed by atoms with van der Waals surface area (Å²) in [5, 5.41) is 2.30. The minimum absolute atomic E-state index is 0.633. The minimum Gasteiger partial charge on any atom is -0.309 e. The van der Waals surface area contributed by atoms with E-state index in [9.17, 15) is 28.8 Å². The Hall–Kier alpha value is -2.62. The molecule has 10 heteroatoms. The van der Waals surface area contributed by atoms with Gasteiger partial charge in [-0.1, -0.05) is 4.48 Å². The maximum atomic E-state index is 12.6. The van der Waals surface area contributed by atoms with Gasteiger partial charge in [0.2, 0.25) is 18.0 Å². The number of fused-ring (bicyclic) bond motifs is 1. The molecule has 0 bridgehead atoms. The topological polar surface area (TPSA) is 121 Å². The highest BCUT2D eigenvalue weighted by Crippen LogP contribution is 2.37. The van der Waals surface area contributed by atoms with Gasteiger partial charge in [-0.2, -0.15) is 0 Å². The molecule has 0 aromatic rings. The summed E-state index contributed by atoms with van der Waals surface area (Å²) in [4.78, 5) is 73.5. The molecule has 2 saturated heterocycles. The van der Waals surface area contributed by atoms with Gasteiger partial charge in [0.15, 0.2) is 6.17 Å². The van der Waals surface area contributed by atoms with E-state index >= 15 is 0 Å². The molecule has 2 unspecified atom stereocenters. The second-order valence-electron chi connectivity index (χ2n) is 5.13. The van der Waals surface area contributed by atoms with Crippen molar-refractivity contribution in [2.75, 3.05) is 0 Å². The molecule has 2 heterocycles. The van der Waals surface area contributed by atoms with Crippen LogP contribution in [0.15, 0.2) is 0 Å². The molecule has 0 aromatic carbocycles. The molecule has 0 radical (unpaired) electrons. The van der Waals surface area contributed by atoms with Crippen LogP contribution < -0.4 is 5.32 Å². The van der Waals surface area contributed by atoms with Crippen molar-refractivity contribution < 1.29 is 33.3 Å². The Kier molecular flexibility index (Phi) is 3.37. The average Bonchev–Trinajstić information content (AvgIpc) is 2.77. The zero-order valence-corrected chi connectivity index (χ0v) is 12.4. The number of amides is 8. The van der Waals surface area contributed by atoms with E-state index in [2.05, 4.69) is 5.32 Å².